The molecule has 2 aliphatic rings. The smallest absolute Gasteiger partial charge is 0.254 e. The predicted molar refractivity (Wildman–Crippen MR) is 138 cm³/mol. The third-order valence-electron chi connectivity index (χ3n) is 7.25. The lowest BCUT2D eigenvalue weighted by Crippen LogP contribution is -2.50. The molecule has 0 saturated carbocycles. The number of fused-ring (bicyclic) bond motifs is 4. The maximum atomic E-state index is 14.0. The minimum absolute atomic E-state index is 0.117. The van der Waals surface area contributed by atoms with Gasteiger partial charge in [-0.3, -0.25) is 9.59 Å². The molecule has 0 bridgehead atoms. The molecule has 3 aromatic rings. The van der Waals surface area contributed by atoms with E-state index in [1.807, 2.05) is 41.3 Å². The molecule has 192 valence electrons. The van der Waals surface area contributed by atoms with Crippen LogP contribution in [0.5, 0.6) is 23.0 Å². The Morgan fingerprint density at radius 3 is 2.35 bits per heavy atom. The molecule has 5 rings (SSSR count). The van der Waals surface area contributed by atoms with Crippen LogP contribution in [-0.4, -0.2) is 51.7 Å². The second-order valence-corrected chi connectivity index (χ2v) is 9.06. The van der Waals surface area contributed by atoms with E-state index in [9.17, 15) is 9.59 Å². The van der Waals surface area contributed by atoms with Crippen molar-refractivity contribution >= 4 is 11.8 Å². The number of carbonyl (C=O) groups excluding carboxylic acids is 2. The summed E-state index contributed by atoms with van der Waals surface area (Å²) < 4.78 is 21.9. The number of benzene rings is 3. The van der Waals surface area contributed by atoms with Crippen LogP contribution in [0.2, 0.25) is 0 Å². The van der Waals surface area contributed by atoms with Gasteiger partial charge in [-0.15, -0.1) is 0 Å². The van der Waals surface area contributed by atoms with E-state index in [-0.39, 0.29) is 18.4 Å². The first-order valence-corrected chi connectivity index (χ1v) is 12.1. The fourth-order valence-corrected chi connectivity index (χ4v) is 5.44. The standard InChI is InChI=1S/C29H30N2O6/c1-34-19-9-10-23(35-2)18(13-19)16-30-28(32)26-21-14-24(36-3)25(37-4)15-22(21)29(33)31-12-11-17-7-5-6-8-20(17)27(26)31/h5-10,13-15,26-27H,11-12,16H2,1-4H3,(H,30,32)/t26-,27-/m1/s1. The molecule has 8 heteroatoms. The maximum Gasteiger partial charge on any atom is 0.254 e. The van der Waals surface area contributed by atoms with Gasteiger partial charge in [-0.25, -0.2) is 0 Å². The van der Waals surface area contributed by atoms with Gasteiger partial charge in [-0.2, -0.15) is 0 Å². The van der Waals surface area contributed by atoms with Gasteiger partial charge in [0.25, 0.3) is 5.91 Å². The third-order valence-corrected chi connectivity index (χ3v) is 7.25. The van der Waals surface area contributed by atoms with Crippen molar-refractivity contribution in [1.82, 2.24) is 10.2 Å². The molecule has 0 spiro atoms. The Bertz CT molecular complexity index is 1350. The van der Waals surface area contributed by atoms with Crippen LogP contribution < -0.4 is 24.3 Å². The number of nitrogens with zero attached hydrogens (tertiary/aromatic N) is 1. The second kappa shape index (κ2) is 10.0. The summed E-state index contributed by atoms with van der Waals surface area (Å²) in [5.74, 6) is 1.28. The zero-order valence-corrected chi connectivity index (χ0v) is 21.4. The van der Waals surface area contributed by atoms with Crippen LogP contribution in [0.1, 0.15) is 44.6 Å². The quantitative estimate of drug-likeness (QED) is 0.528. The van der Waals surface area contributed by atoms with Crippen molar-refractivity contribution in [3.63, 3.8) is 0 Å². The summed E-state index contributed by atoms with van der Waals surface area (Å²) in [5, 5.41) is 3.10. The van der Waals surface area contributed by atoms with Gasteiger partial charge in [-0.1, -0.05) is 24.3 Å². The molecular formula is C29H30N2O6. The lowest BCUT2D eigenvalue weighted by Gasteiger charge is -2.45. The van der Waals surface area contributed by atoms with Crippen LogP contribution in [0.25, 0.3) is 0 Å². The summed E-state index contributed by atoms with van der Waals surface area (Å²) in [6, 6.07) is 16.5. The Hall–Kier alpha value is -4.20. The molecule has 2 aliphatic heterocycles. The number of amides is 2. The van der Waals surface area contributed by atoms with E-state index < -0.39 is 12.0 Å². The average Bonchev–Trinajstić information content (AvgIpc) is 2.95. The average molecular weight is 503 g/mol. The van der Waals surface area contributed by atoms with Crippen LogP contribution in [0.15, 0.2) is 54.6 Å². The van der Waals surface area contributed by atoms with Crippen molar-refractivity contribution in [3.8, 4) is 23.0 Å². The van der Waals surface area contributed by atoms with Crippen molar-refractivity contribution in [2.75, 3.05) is 35.0 Å². The molecule has 0 aliphatic carbocycles. The van der Waals surface area contributed by atoms with Crippen molar-refractivity contribution in [3.05, 3.63) is 82.4 Å². The van der Waals surface area contributed by atoms with Gasteiger partial charge in [0.05, 0.1) is 40.4 Å². The Morgan fingerprint density at radius 1 is 0.892 bits per heavy atom. The number of rotatable bonds is 7. The van der Waals surface area contributed by atoms with E-state index in [0.29, 0.717) is 40.7 Å². The molecular weight excluding hydrogens is 472 g/mol. The SMILES string of the molecule is COc1ccc(OC)c(CNC(=O)[C@@H]2c3cc(OC)c(OC)cc3C(=O)N3CCc4ccccc4[C@H]23)c1. The molecule has 0 fully saturated rings. The first kappa shape index (κ1) is 24.5. The number of hydrogen-bond donors (Lipinski definition) is 1. The van der Waals surface area contributed by atoms with E-state index >= 15 is 0 Å². The largest absolute Gasteiger partial charge is 0.497 e. The Labute approximate surface area is 216 Å². The highest BCUT2D eigenvalue weighted by Crippen LogP contribution is 2.48. The zero-order valence-electron chi connectivity index (χ0n) is 21.4. The van der Waals surface area contributed by atoms with E-state index in [0.717, 1.165) is 23.1 Å². The second-order valence-electron chi connectivity index (χ2n) is 9.06. The van der Waals surface area contributed by atoms with Crippen molar-refractivity contribution in [2.45, 2.75) is 24.9 Å². The first-order valence-electron chi connectivity index (χ1n) is 12.1. The molecule has 8 nitrogen and oxygen atoms in total. The predicted octanol–water partition coefficient (Wildman–Crippen LogP) is 3.87. The fourth-order valence-electron chi connectivity index (χ4n) is 5.44. The van der Waals surface area contributed by atoms with Crippen molar-refractivity contribution in [2.24, 2.45) is 0 Å². The zero-order chi connectivity index (χ0) is 26.1. The van der Waals surface area contributed by atoms with E-state index in [2.05, 4.69) is 11.4 Å². The van der Waals surface area contributed by atoms with Gasteiger partial charge in [-0.05, 0) is 53.4 Å². The van der Waals surface area contributed by atoms with Crippen LogP contribution in [0.3, 0.4) is 0 Å². The van der Waals surface area contributed by atoms with E-state index in [1.54, 1.807) is 33.5 Å². The van der Waals surface area contributed by atoms with Gasteiger partial charge < -0.3 is 29.2 Å². The maximum absolute atomic E-state index is 14.0. The van der Waals surface area contributed by atoms with Crippen molar-refractivity contribution < 1.29 is 28.5 Å². The monoisotopic (exact) mass is 502 g/mol. The normalized spacial score (nSPS) is 17.7. The molecule has 0 saturated heterocycles. The highest BCUT2D eigenvalue weighted by Gasteiger charge is 2.46. The molecule has 1 N–H and O–H groups in total. The Morgan fingerprint density at radius 2 is 1.62 bits per heavy atom. The molecule has 0 aromatic heterocycles. The van der Waals surface area contributed by atoms with Crippen LogP contribution in [0.4, 0.5) is 0 Å². The molecule has 0 unspecified atom stereocenters. The lowest BCUT2D eigenvalue weighted by molar-refractivity contribution is -0.124. The van der Waals surface area contributed by atoms with Gasteiger partial charge in [0.1, 0.15) is 11.5 Å². The fraction of sp³-hybridized carbons (Fsp3) is 0.310. The first-order chi connectivity index (χ1) is 18.0. The third kappa shape index (κ3) is 4.22. The summed E-state index contributed by atoms with van der Waals surface area (Å²) in [6.07, 6.45) is 0.733. The van der Waals surface area contributed by atoms with Gasteiger partial charge in [0.2, 0.25) is 5.91 Å². The summed E-state index contributed by atoms with van der Waals surface area (Å²) in [6.45, 7) is 0.766. The summed E-state index contributed by atoms with van der Waals surface area (Å²) in [5.41, 5.74) is 3.99. The lowest BCUT2D eigenvalue weighted by atomic mass is 9.75. The number of carbonyl (C=O) groups is 2. The minimum Gasteiger partial charge on any atom is -0.497 e. The molecule has 37 heavy (non-hydrogen) atoms. The number of hydrogen-bond acceptors (Lipinski definition) is 6. The number of ether oxygens (including phenoxy) is 4. The molecule has 2 heterocycles. The van der Waals surface area contributed by atoms with E-state index in [4.69, 9.17) is 18.9 Å². The summed E-state index contributed by atoms with van der Waals surface area (Å²) in [4.78, 5) is 29.5. The molecule has 3 aromatic carbocycles. The van der Waals surface area contributed by atoms with Crippen LogP contribution in [-0.2, 0) is 17.8 Å². The molecule has 0 radical (unpaired) electrons. The van der Waals surface area contributed by atoms with Gasteiger partial charge in [0, 0.05) is 24.2 Å². The highest BCUT2D eigenvalue weighted by atomic mass is 16.5. The van der Waals surface area contributed by atoms with Crippen LogP contribution >= 0.6 is 0 Å². The highest BCUT2D eigenvalue weighted by molar-refractivity contribution is 6.02. The number of methoxy groups -OCH3 is 4. The Kier molecular flexibility index (Phi) is 6.65. The van der Waals surface area contributed by atoms with Crippen LogP contribution in [0, 0.1) is 0 Å². The van der Waals surface area contributed by atoms with Gasteiger partial charge in [0.15, 0.2) is 11.5 Å². The summed E-state index contributed by atoms with van der Waals surface area (Å²) in [7, 11) is 6.26. The summed E-state index contributed by atoms with van der Waals surface area (Å²) >= 11 is 0. The van der Waals surface area contributed by atoms with Gasteiger partial charge >= 0.3 is 0 Å². The topological polar surface area (TPSA) is 86.3 Å². The van der Waals surface area contributed by atoms with Crippen molar-refractivity contribution in [1.29, 1.82) is 0 Å². The number of nitrogens with one attached hydrogen (secondary N) is 1. The minimum atomic E-state index is -0.648. The molecule has 2 amide bonds. The van der Waals surface area contributed by atoms with E-state index in [1.165, 1.54) is 7.11 Å². The molecule has 2 atom stereocenters. The Balaban J connectivity index is 1.59.